The standard InChI is InChI=1S/C21H20N2O2S/c22-21-14-20(21)16-11-9-15(10-12-16)17-5-4-6-18(13-17)23-26(24,25)19-7-2-1-3-8-19/h1-13,20-21,23H,14,22H2. The number of anilines is 1. The molecule has 3 N–H and O–H groups in total. The zero-order valence-electron chi connectivity index (χ0n) is 14.2. The van der Waals surface area contributed by atoms with Gasteiger partial charge in [-0.3, -0.25) is 4.72 Å². The van der Waals surface area contributed by atoms with Crippen molar-refractivity contribution >= 4 is 15.7 Å². The van der Waals surface area contributed by atoms with Crippen LogP contribution in [-0.2, 0) is 10.0 Å². The molecule has 0 radical (unpaired) electrons. The summed E-state index contributed by atoms with van der Waals surface area (Å²) in [5.41, 5.74) is 9.72. The molecule has 4 nitrogen and oxygen atoms in total. The van der Waals surface area contributed by atoms with Crippen molar-refractivity contribution in [2.45, 2.75) is 23.3 Å². The smallest absolute Gasteiger partial charge is 0.261 e. The third-order valence-corrected chi connectivity index (χ3v) is 6.08. The average molecular weight is 364 g/mol. The minimum atomic E-state index is -3.59. The lowest BCUT2D eigenvalue weighted by Crippen LogP contribution is -2.12. The molecule has 0 saturated heterocycles. The zero-order valence-corrected chi connectivity index (χ0v) is 15.0. The van der Waals surface area contributed by atoms with Crippen LogP contribution in [0.15, 0.2) is 83.8 Å². The fraction of sp³-hybridized carbons (Fsp3) is 0.143. The molecule has 1 fully saturated rings. The van der Waals surface area contributed by atoms with Crippen molar-refractivity contribution in [2.24, 2.45) is 5.73 Å². The van der Waals surface area contributed by atoms with Gasteiger partial charge in [0, 0.05) is 17.6 Å². The lowest BCUT2D eigenvalue weighted by molar-refractivity contribution is 0.601. The number of benzene rings is 3. The van der Waals surface area contributed by atoms with E-state index in [2.05, 4.69) is 29.0 Å². The van der Waals surface area contributed by atoms with E-state index in [4.69, 9.17) is 5.73 Å². The van der Waals surface area contributed by atoms with Gasteiger partial charge in [-0.2, -0.15) is 0 Å². The average Bonchev–Trinajstić information content (AvgIpc) is 3.39. The monoisotopic (exact) mass is 364 g/mol. The Balaban J connectivity index is 1.57. The second kappa shape index (κ2) is 6.59. The van der Waals surface area contributed by atoms with Gasteiger partial charge < -0.3 is 5.73 Å². The van der Waals surface area contributed by atoms with E-state index in [1.165, 1.54) is 5.56 Å². The number of sulfonamides is 1. The van der Waals surface area contributed by atoms with Gasteiger partial charge in [-0.25, -0.2) is 8.42 Å². The molecule has 0 aromatic heterocycles. The van der Waals surface area contributed by atoms with E-state index >= 15 is 0 Å². The lowest BCUT2D eigenvalue weighted by atomic mass is 10.0. The molecular weight excluding hydrogens is 344 g/mol. The van der Waals surface area contributed by atoms with Gasteiger partial charge >= 0.3 is 0 Å². The van der Waals surface area contributed by atoms with Crippen LogP contribution in [0.5, 0.6) is 0 Å². The molecule has 4 rings (SSSR count). The molecule has 0 amide bonds. The maximum absolute atomic E-state index is 12.5. The van der Waals surface area contributed by atoms with Gasteiger partial charge in [0.15, 0.2) is 0 Å². The van der Waals surface area contributed by atoms with Gasteiger partial charge in [-0.15, -0.1) is 0 Å². The second-order valence-electron chi connectivity index (χ2n) is 6.63. The quantitative estimate of drug-likeness (QED) is 0.719. The van der Waals surface area contributed by atoms with E-state index in [9.17, 15) is 8.42 Å². The van der Waals surface area contributed by atoms with Gasteiger partial charge in [0.05, 0.1) is 4.90 Å². The number of hydrogen-bond donors (Lipinski definition) is 2. The van der Waals surface area contributed by atoms with Gasteiger partial charge in [0.2, 0.25) is 0 Å². The highest BCUT2D eigenvalue weighted by Gasteiger charge is 2.34. The summed E-state index contributed by atoms with van der Waals surface area (Å²) in [5, 5.41) is 0. The van der Waals surface area contributed by atoms with E-state index in [0.717, 1.165) is 17.5 Å². The second-order valence-corrected chi connectivity index (χ2v) is 8.31. The Morgan fingerprint density at radius 3 is 2.19 bits per heavy atom. The highest BCUT2D eigenvalue weighted by Crippen LogP contribution is 2.39. The van der Waals surface area contributed by atoms with Crippen LogP contribution in [0, 0.1) is 0 Å². The van der Waals surface area contributed by atoms with E-state index in [1.807, 2.05) is 18.2 Å². The molecule has 3 aromatic rings. The summed E-state index contributed by atoms with van der Waals surface area (Å²) in [4.78, 5) is 0.246. The van der Waals surface area contributed by atoms with E-state index < -0.39 is 10.0 Å². The predicted octanol–water partition coefficient (Wildman–Crippen LogP) is 3.97. The van der Waals surface area contributed by atoms with E-state index in [0.29, 0.717) is 11.6 Å². The van der Waals surface area contributed by atoms with Crippen molar-refractivity contribution < 1.29 is 8.42 Å². The summed E-state index contributed by atoms with van der Waals surface area (Å²) in [5.74, 6) is 0.480. The first-order valence-corrected chi connectivity index (χ1v) is 10.1. The molecule has 5 heteroatoms. The summed E-state index contributed by atoms with van der Waals surface area (Å²) in [6, 6.07) is 24.4. The van der Waals surface area contributed by atoms with Crippen LogP contribution in [0.1, 0.15) is 17.9 Å². The minimum absolute atomic E-state index is 0.246. The van der Waals surface area contributed by atoms with Gasteiger partial charge in [-0.05, 0) is 47.4 Å². The minimum Gasteiger partial charge on any atom is -0.327 e. The van der Waals surface area contributed by atoms with Crippen LogP contribution in [0.4, 0.5) is 5.69 Å². The van der Waals surface area contributed by atoms with Crippen LogP contribution in [0.3, 0.4) is 0 Å². The maximum atomic E-state index is 12.5. The number of nitrogens with two attached hydrogens (primary N) is 1. The first kappa shape index (κ1) is 16.8. The summed E-state index contributed by atoms with van der Waals surface area (Å²) in [6.07, 6.45) is 1.05. The molecule has 3 aromatic carbocycles. The van der Waals surface area contributed by atoms with Crippen LogP contribution < -0.4 is 10.5 Å². The fourth-order valence-corrected chi connectivity index (χ4v) is 4.17. The lowest BCUT2D eigenvalue weighted by Gasteiger charge is -2.10. The van der Waals surface area contributed by atoms with Gasteiger partial charge in [-0.1, -0.05) is 54.6 Å². The number of hydrogen-bond acceptors (Lipinski definition) is 3. The predicted molar refractivity (Wildman–Crippen MR) is 104 cm³/mol. The Morgan fingerprint density at radius 1 is 0.846 bits per heavy atom. The molecule has 0 bridgehead atoms. The van der Waals surface area contributed by atoms with E-state index in [-0.39, 0.29) is 10.9 Å². The molecule has 2 atom stereocenters. The molecule has 26 heavy (non-hydrogen) atoms. The summed E-state index contributed by atoms with van der Waals surface area (Å²) >= 11 is 0. The van der Waals surface area contributed by atoms with Gasteiger partial charge in [0.25, 0.3) is 10.0 Å². The normalized spacial score (nSPS) is 19.1. The Morgan fingerprint density at radius 2 is 1.54 bits per heavy atom. The molecular formula is C21H20N2O2S. The Labute approximate surface area is 153 Å². The fourth-order valence-electron chi connectivity index (χ4n) is 3.10. The van der Waals surface area contributed by atoms with Gasteiger partial charge in [0.1, 0.15) is 0 Å². The van der Waals surface area contributed by atoms with Crippen molar-refractivity contribution in [3.05, 3.63) is 84.4 Å². The van der Waals surface area contributed by atoms with Crippen LogP contribution in [0.25, 0.3) is 11.1 Å². The van der Waals surface area contributed by atoms with Crippen molar-refractivity contribution in [3.8, 4) is 11.1 Å². The highest BCUT2D eigenvalue weighted by atomic mass is 32.2. The van der Waals surface area contributed by atoms with Crippen molar-refractivity contribution in [1.29, 1.82) is 0 Å². The van der Waals surface area contributed by atoms with Crippen molar-refractivity contribution in [2.75, 3.05) is 4.72 Å². The summed E-state index contributed by atoms with van der Waals surface area (Å²) in [6.45, 7) is 0. The van der Waals surface area contributed by atoms with Crippen molar-refractivity contribution in [1.82, 2.24) is 0 Å². The molecule has 0 aliphatic heterocycles. The topological polar surface area (TPSA) is 72.2 Å². The largest absolute Gasteiger partial charge is 0.327 e. The molecule has 0 heterocycles. The molecule has 132 valence electrons. The van der Waals surface area contributed by atoms with Crippen LogP contribution in [-0.4, -0.2) is 14.5 Å². The maximum Gasteiger partial charge on any atom is 0.261 e. The summed E-state index contributed by atoms with van der Waals surface area (Å²) < 4.78 is 27.6. The molecule has 1 saturated carbocycles. The molecule has 1 aliphatic carbocycles. The SMILES string of the molecule is NC1CC1c1ccc(-c2cccc(NS(=O)(=O)c3ccccc3)c2)cc1. The van der Waals surface area contributed by atoms with Crippen molar-refractivity contribution in [3.63, 3.8) is 0 Å². The highest BCUT2D eigenvalue weighted by molar-refractivity contribution is 7.92. The molecule has 1 aliphatic rings. The molecule has 2 unspecified atom stereocenters. The third kappa shape index (κ3) is 3.49. The summed E-state index contributed by atoms with van der Waals surface area (Å²) in [7, 11) is -3.59. The number of rotatable bonds is 5. The Bertz CT molecular complexity index is 1020. The van der Waals surface area contributed by atoms with E-state index in [1.54, 1.807) is 36.4 Å². The first-order chi connectivity index (χ1) is 12.5. The Hall–Kier alpha value is -2.63. The van der Waals surface area contributed by atoms with Crippen LogP contribution in [0.2, 0.25) is 0 Å². The Kier molecular flexibility index (Phi) is 4.26. The first-order valence-electron chi connectivity index (χ1n) is 8.57. The third-order valence-electron chi connectivity index (χ3n) is 4.68. The van der Waals surface area contributed by atoms with Crippen LogP contribution >= 0.6 is 0 Å². The molecule has 0 spiro atoms. The zero-order chi connectivity index (χ0) is 18.1. The number of nitrogens with one attached hydrogen (secondary N) is 1.